The highest BCUT2D eigenvalue weighted by atomic mass is 16.1. The van der Waals surface area contributed by atoms with Crippen LogP contribution in [0.25, 0.3) is 0 Å². The number of H-pyrrole nitrogens is 1. The average Bonchev–Trinajstić information content (AvgIpc) is 3.26. The number of pyridine rings is 1. The first-order valence-electron chi connectivity index (χ1n) is 9.08. The van der Waals surface area contributed by atoms with Gasteiger partial charge >= 0.3 is 0 Å². The minimum absolute atomic E-state index is 0.126. The number of hydrogen-bond acceptors (Lipinski definition) is 4. The van der Waals surface area contributed by atoms with Crippen molar-refractivity contribution in [1.82, 2.24) is 20.3 Å². The highest BCUT2D eigenvalue weighted by Gasteiger charge is 2.24. The summed E-state index contributed by atoms with van der Waals surface area (Å²) in [6.45, 7) is 7.25. The molecule has 1 fully saturated rings. The molecule has 1 aliphatic heterocycles. The number of imidazole rings is 1. The number of rotatable bonds is 7. The van der Waals surface area contributed by atoms with Gasteiger partial charge in [-0.1, -0.05) is 13.8 Å². The minimum atomic E-state index is -0.126. The van der Waals surface area contributed by atoms with Crippen molar-refractivity contribution in [3.05, 3.63) is 42.2 Å². The molecule has 0 radical (unpaired) electrons. The number of carbonyl (C=O) groups excluding carboxylic acids is 1. The minimum Gasteiger partial charge on any atom is -0.371 e. The maximum atomic E-state index is 12.3. The Morgan fingerprint density at radius 3 is 3.12 bits per heavy atom. The van der Waals surface area contributed by atoms with E-state index in [4.69, 9.17) is 0 Å². The SMILES string of the molecule is CC(C)CC1CCN(c2ccnc(C(=O)NCCc3cnc[nH]3)c2)C1. The number of carbonyl (C=O) groups is 1. The number of aromatic amines is 1. The van der Waals surface area contributed by atoms with Crippen molar-refractivity contribution in [2.45, 2.75) is 33.1 Å². The van der Waals surface area contributed by atoms with Crippen LogP contribution in [0, 0.1) is 11.8 Å². The van der Waals surface area contributed by atoms with Crippen molar-refractivity contribution < 1.29 is 4.79 Å². The zero-order chi connectivity index (χ0) is 17.6. The summed E-state index contributed by atoms with van der Waals surface area (Å²) in [5, 5.41) is 2.92. The number of nitrogens with zero attached hydrogens (tertiary/aromatic N) is 3. The van der Waals surface area contributed by atoms with Gasteiger partial charge in [0.05, 0.1) is 6.33 Å². The Bertz CT molecular complexity index is 683. The lowest BCUT2D eigenvalue weighted by Gasteiger charge is -2.19. The Morgan fingerprint density at radius 1 is 1.48 bits per heavy atom. The quantitative estimate of drug-likeness (QED) is 0.812. The van der Waals surface area contributed by atoms with E-state index in [1.165, 1.54) is 12.8 Å². The van der Waals surface area contributed by atoms with Crippen LogP contribution in [0.5, 0.6) is 0 Å². The molecule has 1 unspecified atom stereocenters. The maximum absolute atomic E-state index is 12.3. The van der Waals surface area contributed by atoms with Crippen LogP contribution in [0.3, 0.4) is 0 Å². The molecule has 3 rings (SSSR count). The smallest absolute Gasteiger partial charge is 0.269 e. The third-order valence-corrected chi connectivity index (χ3v) is 4.67. The van der Waals surface area contributed by atoms with E-state index in [1.807, 2.05) is 12.1 Å². The van der Waals surface area contributed by atoms with Gasteiger partial charge in [0.2, 0.25) is 0 Å². The van der Waals surface area contributed by atoms with Crippen molar-refractivity contribution in [1.29, 1.82) is 0 Å². The largest absolute Gasteiger partial charge is 0.371 e. The molecule has 0 aliphatic carbocycles. The molecule has 1 atom stereocenters. The van der Waals surface area contributed by atoms with E-state index in [9.17, 15) is 4.79 Å². The van der Waals surface area contributed by atoms with E-state index >= 15 is 0 Å². The van der Waals surface area contributed by atoms with Crippen molar-refractivity contribution in [3.8, 4) is 0 Å². The highest BCUT2D eigenvalue weighted by Crippen LogP contribution is 2.27. The molecule has 6 nitrogen and oxygen atoms in total. The number of anilines is 1. The highest BCUT2D eigenvalue weighted by molar-refractivity contribution is 5.93. The van der Waals surface area contributed by atoms with Gasteiger partial charge < -0.3 is 15.2 Å². The Morgan fingerprint density at radius 2 is 2.36 bits per heavy atom. The second-order valence-corrected chi connectivity index (χ2v) is 7.21. The summed E-state index contributed by atoms with van der Waals surface area (Å²) in [5.41, 5.74) is 2.59. The second kappa shape index (κ2) is 8.14. The standard InChI is InChI=1S/C19H27N5O/c1-14(2)9-15-5-8-24(12-15)17-4-7-21-18(10-17)19(25)22-6-3-16-11-20-13-23-16/h4,7,10-11,13-15H,3,5-6,8-9,12H2,1-2H3,(H,20,23)(H,22,25). The zero-order valence-corrected chi connectivity index (χ0v) is 15.0. The summed E-state index contributed by atoms with van der Waals surface area (Å²) >= 11 is 0. The first-order valence-corrected chi connectivity index (χ1v) is 9.08. The fraction of sp³-hybridized carbons (Fsp3) is 0.526. The van der Waals surface area contributed by atoms with Crippen molar-refractivity contribution in [2.24, 2.45) is 11.8 Å². The molecule has 1 saturated heterocycles. The first-order chi connectivity index (χ1) is 12.1. The Hall–Kier alpha value is -2.37. The average molecular weight is 341 g/mol. The molecule has 0 bridgehead atoms. The Balaban J connectivity index is 1.55. The van der Waals surface area contributed by atoms with Gasteiger partial charge in [-0.2, -0.15) is 0 Å². The van der Waals surface area contributed by atoms with E-state index in [-0.39, 0.29) is 5.91 Å². The van der Waals surface area contributed by atoms with E-state index in [0.29, 0.717) is 12.2 Å². The summed E-state index contributed by atoms with van der Waals surface area (Å²) in [7, 11) is 0. The monoisotopic (exact) mass is 341 g/mol. The predicted molar refractivity (Wildman–Crippen MR) is 98.6 cm³/mol. The summed E-state index contributed by atoms with van der Waals surface area (Å²) in [4.78, 5) is 25.9. The molecule has 0 spiro atoms. The molecule has 1 aliphatic rings. The lowest BCUT2D eigenvalue weighted by atomic mass is 9.97. The third kappa shape index (κ3) is 4.81. The molecule has 6 heteroatoms. The Labute approximate surface area is 149 Å². The van der Waals surface area contributed by atoms with E-state index < -0.39 is 0 Å². The summed E-state index contributed by atoms with van der Waals surface area (Å²) in [6, 6.07) is 3.91. The molecule has 25 heavy (non-hydrogen) atoms. The van der Waals surface area contributed by atoms with E-state index in [1.54, 1.807) is 18.7 Å². The van der Waals surface area contributed by atoms with Gasteiger partial charge in [0.25, 0.3) is 5.91 Å². The van der Waals surface area contributed by atoms with Gasteiger partial charge in [-0.15, -0.1) is 0 Å². The van der Waals surface area contributed by atoms with Crippen LogP contribution < -0.4 is 10.2 Å². The molecule has 2 aromatic heterocycles. The van der Waals surface area contributed by atoms with Gasteiger partial charge in [-0.05, 0) is 36.8 Å². The fourth-order valence-corrected chi connectivity index (χ4v) is 3.49. The molecule has 0 aromatic carbocycles. The normalized spacial score (nSPS) is 17.2. The summed E-state index contributed by atoms with van der Waals surface area (Å²) in [5.74, 6) is 1.36. The molecule has 2 aromatic rings. The second-order valence-electron chi connectivity index (χ2n) is 7.21. The molecule has 0 saturated carbocycles. The van der Waals surface area contributed by atoms with Gasteiger partial charge in [0.1, 0.15) is 5.69 Å². The van der Waals surface area contributed by atoms with Crippen molar-refractivity contribution in [3.63, 3.8) is 0 Å². The van der Waals surface area contributed by atoms with Gasteiger partial charge in [0.15, 0.2) is 0 Å². The maximum Gasteiger partial charge on any atom is 0.269 e. The van der Waals surface area contributed by atoms with Crippen LogP contribution in [0.1, 0.15) is 42.9 Å². The molecular formula is C19H27N5O. The van der Waals surface area contributed by atoms with Crippen LogP contribution in [0.4, 0.5) is 5.69 Å². The number of nitrogens with one attached hydrogen (secondary N) is 2. The van der Waals surface area contributed by atoms with Crippen molar-refractivity contribution in [2.75, 3.05) is 24.5 Å². The molecule has 3 heterocycles. The van der Waals surface area contributed by atoms with Crippen LogP contribution in [0.2, 0.25) is 0 Å². The third-order valence-electron chi connectivity index (χ3n) is 4.67. The van der Waals surface area contributed by atoms with Gasteiger partial charge in [-0.25, -0.2) is 4.98 Å². The molecule has 1 amide bonds. The Kier molecular flexibility index (Phi) is 5.68. The van der Waals surface area contributed by atoms with E-state index in [0.717, 1.165) is 42.7 Å². The van der Waals surface area contributed by atoms with Gasteiger partial charge in [-0.3, -0.25) is 9.78 Å². The van der Waals surface area contributed by atoms with Crippen molar-refractivity contribution >= 4 is 11.6 Å². The lowest BCUT2D eigenvalue weighted by molar-refractivity contribution is 0.0949. The molecule has 2 N–H and O–H groups in total. The van der Waals surface area contributed by atoms with Gasteiger partial charge in [0, 0.05) is 49.8 Å². The number of amides is 1. The first kappa shape index (κ1) is 17.5. The molecular weight excluding hydrogens is 314 g/mol. The lowest BCUT2D eigenvalue weighted by Crippen LogP contribution is -2.27. The van der Waals surface area contributed by atoms with Crippen LogP contribution in [0.15, 0.2) is 30.9 Å². The number of hydrogen-bond donors (Lipinski definition) is 2. The van der Waals surface area contributed by atoms with E-state index in [2.05, 4.69) is 39.0 Å². The summed E-state index contributed by atoms with van der Waals surface area (Å²) in [6.07, 6.45) is 8.37. The van der Waals surface area contributed by atoms with Crippen LogP contribution >= 0.6 is 0 Å². The number of aromatic nitrogens is 3. The molecule has 134 valence electrons. The van der Waals surface area contributed by atoms with Crippen LogP contribution in [-0.4, -0.2) is 40.5 Å². The van der Waals surface area contributed by atoms with Crippen LogP contribution in [-0.2, 0) is 6.42 Å². The topological polar surface area (TPSA) is 73.9 Å². The zero-order valence-electron chi connectivity index (χ0n) is 15.0. The summed E-state index contributed by atoms with van der Waals surface area (Å²) < 4.78 is 0. The fourth-order valence-electron chi connectivity index (χ4n) is 3.49. The predicted octanol–water partition coefficient (Wildman–Crippen LogP) is 2.65.